The van der Waals surface area contributed by atoms with E-state index in [9.17, 15) is 0 Å². The molecule has 0 aromatic heterocycles. The smallest absolute Gasteiger partial charge is 0.231 e. The zero-order chi connectivity index (χ0) is 15.0. The van der Waals surface area contributed by atoms with Crippen LogP contribution in [0.4, 0.5) is 0 Å². The van der Waals surface area contributed by atoms with Gasteiger partial charge in [0.25, 0.3) is 0 Å². The third-order valence-electron chi connectivity index (χ3n) is 5.31. The Bertz CT molecular complexity index is 555. The highest BCUT2D eigenvalue weighted by atomic mass is 16.7. The summed E-state index contributed by atoms with van der Waals surface area (Å²) < 4.78 is 16.4. The van der Waals surface area contributed by atoms with E-state index in [1.54, 1.807) is 7.11 Å². The Hall–Kier alpha value is -1.46. The average Bonchev–Trinajstić information content (AvgIpc) is 3.15. The molecule has 0 radical (unpaired) electrons. The van der Waals surface area contributed by atoms with Crippen LogP contribution >= 0.6 is 0 Å². The van der Waals surface area contributed by atoms with Crippen LogP contribution in [-0.4, -0.2) is 45.0 Å². The summed E-state index contributed by atoms with van der Waals surface area (Å²) in [5.41, 5.74) is 1.79. The summed E-state index contributed by atoms with van der Waals surface area (Å²) in [6.45, 7) is 6.00. The second-order valence-corrected chi connectivity index (χ2v) is 6.74. The van der Waals surface area contributed by atoms with E-state index < -0.39 is 0 Å². The van der Waals surface area contributed by atoms with Crippen molar-refractivity contribution >= 4 is 0 Å². The summed E-state index contributed by atoms with van der Waals surface area (Å²) in [5.74, 6) is 2.33. The van der Waals surface area contributed by atoms with Gasteiger partial charge in [-0.2, -0.15) is 0 Å². The molecule has 3 aliphatic heterocycles. The van der Waals surface area contributed by atoms with Gasteiger partial charge in [-0.1, -0.05) is 0 Å². The molecule has 5 heteroatoms. The quantitative estimate of drug-likeness (QED) is 0.925. The highest BCUT2D eigenvalue weighted by Crippen LogP contribution is 2.43. The number of nitrogens with one attached hydrogen (secondary N) is 1. The predicted molar refractivity (Wildman–Crippen MR) is 83.5 cm³/mol. The second-order valence-electron chi connectivity index (χ2n) is 6.74. The van der Waals surface area contributed by atoms with Crippen LogP contribution in [0.15, 0.2) is 12.1 Å². The van der Waals surface area contributed by atoms with E-state index in [4.69, 9.17) is 14.2 Å². The number of hydrogen-bond acceptors (Lipinski definition) is 5. The third kappa shape index (κ3) is 2.52. The van der Waals surface area contributed by atoms with E-state index in [2.05, 4.69) is 22.3 Å². The Morgan fingerprint density at radius 3 is 2.91 bits per heavy atom. The standard InChI is InChI=1S/C17H24N2O3/c1-20-14-8-13(9-15-16(14)22-12-21-15)10-19-7-4-17(11-19)2-5-18-6-3-17/h8-9,18H,2-7,10-12H2,1H3. The fourth-order valence-corrected chi connectivity index (χ4v) is 4.06. The molecule has 3 aliphatic rings. The van der Waals surface area contributed by atoms with Gasteiger partial charge >= 0.3 is 0 Å². The lowest BCUT2D eigenvalue weighted by atomic mass is 9.78. The molecule has 0 saturated carbocycles. The Kier molecular flexibility index (Phi) is 3.62. The monoisotopic (exact) mass is 304 g/mol. The Morgan fingerprint density at radius 1 is 1.23 bits per heavy atom. The number of ether oxygens (including phenoxy) is 3. The minimum atomic E-state index is 0.287. The van der Waals surface area contributed by atoms with Crippen LogP contribution < -0.4 is 19.5 Å². The van der Waals surface area contributed by atoms with Gasteiger partial charge in [-0.05, 0) is 62.0 Å². The molecule has 0 unspecified atom stereocenters. The zero-order valence-corrected chi connectivity index (χ0v) is 13.2. The highest BCUT2D eigenvalue weighted by Gasteiger charge is 2.38. The summed E-state index contributed by atoms with van der Waals surface area (Å²) in [6.07, 6.45) is 3.96. The van der Waals surface area contributed by atoms with Crippen molar-refractivity contribution in [3.63, 3.8) is 0 Å². The van der Waals surface area contributed by atoms with E-state index >= 15 is 0 Å². The Balaban J connectivity index is 1.48. The van der Waals surface area contributed by atoms with Crippen LogP contribution in [0.1, 0.15) is 24.8 Å². The maximum absolute atomic E-state index is 5.53. The molecule has 0 amide bonds. The van der Waals surface area contributed by atoms with Gasteiger partial charge in [-0.25, -0.2) is 0 Å². The van der Waals surface area contributed by atoms with Crippen LogP contribution in [0.2, 0.25) is 0 Å². The summed E-state index contributed by atoms with van der Waals surface area (Å²) in [4.78, 5) is 2.57. The van der Waals surface area contributed by atoms with Crippen molar-refractivity contribution in [3.05, 3.63) is 17.7 Å². The molecule has 1 spiro atoms. The summed E-state index contributed by atoms with van der Waals surface area (Å²) in [7, 11) is 1.68. The number of hydrogen-bond donors (Lipinski definition) is 1. The Morgan fingerprint density at radius 2 is 2.09 bits per heavy atom. The minimum absolute atomic E-state index is 0.287. The summed E-state index contributed by atoms with van der Waals surface area (Å²) in [6, 6.07) is 4.18. The van der Waals surface area contributed by atoms with Gasteiger partial charge in [0.15, 0.2) is 11.5 Å². The van der Waals surface area contributed by atoms with Crippen LogP contribution in [0, 0.1) is 5.41 Å². The summed E-state index contributed by atoms with van der Waals surface area (Å²) in [5, 5.41) is 3.48. The molecule has 1 aromatic carbocycles. The number of benzene rings is 1. The molecule has 5 nitrogen and oxygen atoms in total. The van der Waals surface area contributed by atoms with Gasteiger partial charge in [0.1, 0.15) is 0 Å². The minimum Gasteiger partial charge on any atom is -0.493 e. The van der Waals surface area contributed by atoms with Crippen LogP contribution in [0.5, 0.6) is 17.2 Å². The van der Waals surface area contributed by atoms with Gasteiger partial charge < -0.3 is 19.5 Å². The van der Waals surface area contributed by atoms with Crippen LogP contribution in [0.3, 0.4) is 0 Å². The van der Waals surface area contributed by atoms with E-state index in [1.165, 1.54) is 51.0 Å². The van der Waals surface area contributed by atoms with Crippen molar-refractivity contribution in [1.29, 1.82) is 0 Å². The van der Waals surface area contributed by atoms with Gasteiger partial charge in [0.05, 0.1) is 7.11 Å². The van der Waals surface area contributed by atoms with E-state index in [1.807, 2.05) is 0 Å². The fraction of sp³-hybridized carbons (Fsp3) is 0.647. The first-order chi connectivity index (χ1) is 10.8. The molecule has 1 aromatic rings. The van der Waals surface area contributed by atoms with E-state index in [0.29, 0.717) is 5.41 Å². The van der Waals surface area contributed by atoms with Crippen molar-refractivity contribution in [1.82, 2.24) is 10.2 Å². The molecule has 4 rings (SSSR count). The number of methoxy groups -OCH3 is 1. The molecule has 3 heterocycles. The molecule has 120 valence electrons. The first kappa shape index (κ1) is 14.2. The fourth-order valence-electron chi connectivity index (χ4n) is 4.06. The molecule has 22 heavy (non-hydrogen) atoms. The van der Waals surface area contributed by atoms with Crippen molar-refractivity contribution in [3.8, 4) is 17.2 Å². The first-order valence-corrected chi connectivity index (χ1v) is 8.18. The molecule has 2 saturated heterocycles. The lowest BCUT2D eigenvalue weighted by molar-refractivity contribution is 0.171. The molecule has 0 aliphatic carbocycles. The number of piperidine rings is 1. The molecule has 2 fully saturated rings. The largest absolute Gasteiger partial charge is 0.493 e. The molecule has 0 bridgehead atoms. The first-order valence-electron chi connectivity index (χ1n) is 8.18. The second kappa shape index (κ2) is 5.63. The highest BCUT2D eigenvalue weighted by molar-refractivity contribution is 5.55. The van der Waals surface area contributed by atoms with Crippen molar-refractivity contribution < 1.29 is 14.2 Å². The zero-order valence-electron chi connectivity index (χ0n) is 13.2. The van der Waals surface area contributed by atoms with Gasteiger partial charge in [0, 0.05) is 13.1 Å². The maximum Gasteiger partial charge on any atom is 0.231 e. The van der Waals surface area contributed by atoms with Crippen LogP contribution in [-0.2, 0) is 6.54 Å². The lowest BCUT2D eigenvalue weighted by Gasteiger charge is -2.34. The normalized spacial score (nSPS) is 23.1. The molecular formula is C17H24N2O3. The van der Waals surface area contributed by atoms with Gasteiger partial charge in [-0.3, -0.25) is 4.90 Å². The summed E-state index contributed by atoms with van der Waals surface area (Å²) >= 11 is 0. The van der Waals surface area contributed by atoms with Crippen LogP contribution in [0.25, 0.3) is 0 Å². The van der Waals surface area contributed by atoms with Crippen molar-refractivity contribution in [2.45, 2.75) is 25.8 Å². The van der Waals surface area contributed by atoms with Gasteiger partial charge in [-0.15, -0.1) is 0 Å². The van der Waals surface area contributed by atoms with Crippen molar-refractivity contribution in [2.75, 3.05) is 40.1 Å². The van der Waals surface area contributed by atoms with E-state index in [0.717, 1.165) is 23.8 Å². The maximum atomic E-state index is 5.53. The van der Waals surface area contributed by atoms with Gasteiger partial charge in [0.2, 0.25) is 12.5 Å². The predicted octanol–water partition coefficient (Wildman–Crippen LogP) is 2.00. The molecule has 1 N–H and O–H groups in total. The lowest BCUT2D eigenvalue weighted by Crippen LogP contribution is -2.38. The number of likely N-dealkylation sites (tertiary alicyclic amines) is 1. The SMILES string of the molecule is COc1cc(CN2CCC3(CCNCC3)C2)cc2c1OCO2. The number of fused-ring (bicyclic) bond motifs is 1. The van der Waals surface area contributed by atoms with Crippen molar-refractivity contribution in [2.24, 2.45) is 5.41 Å². The number of rotatable bonds is 3. The Labute approximate surface area is 131 Å². The average molecular weight is 304 g/mol. The molecular weight excluding hydrogens is 280 g/mol. The topological polar surface area (TPSA) is 43.0 Å². The third-order valence-corrected chi connectivity index (χ3v) is 5.31. The number of nitrogens with zero attached hydrogens (tertiary/aromatic N) is 1. The molecule has 0 atom stereocenters. The van der Waals surface area contributed by atoms with E-state index in [-0.39, 0.29) is 6.79 Å².